The second kappa shape index (κ2) is 8.52. The maximum atomic E-state index is 10.5. The van der Waals surface area contributed by atoms with Crippen molar-refractivity contribution in [2.75, 3.05) is 26.4 Å². The van der Waals surface area contributed by atoms with Gasteiger partial charge in [0.05, 0.1) is 13.2 Å². The molecule has 0 spiro atoms. The normalized spacial score (nSPS) is 9.21. The average molecular weight is 223 g/mol. The summed E-state index contributed by atoms with van der Waals surface area (Å²) < 4.78 is 13.9. The largest absolute Gasteiger partial charge is 0.460 e. The van der Waals surface area contributed by atoms with Crippen LogP contribution in [-0.4, -0.2) is 37.8 Å². The first kappa shape index (κ1) is 12.9. The van der Waals surface area contributed by atoms with E-state index in [2.05, 4.69) is 16.1 Å². The zero-order valence-corrected chi connectivity index (χ0v) is 8.29. The van der Waals surface area contributed by atoms with Crippen LogP contribution in [0.4, 0.5) is 4.79 Å². The monoisotopic (exact) mass is 222 g/mol. The van der Waals surface area contributed by atoms with E-state index < -0.39 is 11.4 Å². The molecule has 80 valence electrons. The molecular formula is C8H11ClO5. The molecule has 14 heavy (non-hydrogen) atoms. The van der Waals surface area contributed by atoms with E-state index >= 15 is 0 Å². The van der Waals surface area contributed by atoms with E-state index in [1.165, 1.54) is 0 Å². The number of halogens is 1. The lowest BCUT2D eigenvalue weighted by molar-refractivity contribution is -0.139. The zero-order chi connectivity index (χ0) is 10.8. The summed E-state index contributed by atoms with van der Waals surface area (Å²) in [6.45, 7) is 3.89. The average Bonchev–Trinajstić information content (AvgIpc) is 2.15. The van der Waals surface area contributed by atoms with Gasteiger partial charge in [-0.15, -0.1) is 0 Å². The molecule has 0 aliphatic carbocycles. The van der Waals surface area contributed by atoms with Crippen LogP contribution in [0.3, 0.4) is 0 Å². The Kier molecular flexibility index (Phi) is 7.87. The molecule has 5 nitrogen and oxygen atoms in total. The Hall–Kier alpha value is -1.07. The minimum absolute atomic E-state index is 0.0811. The molecule has 0 bridgehead atoms. The smallest absolute Gasteiger partial charge is 0.403 e. The maximum Gasteiger partial charge on any atom is 0.403 e. The number of carbonyl (C=O) groups is 2. The Bertz CT molecular complexity index is 204. The summed E-state index contributed by atoms with van der Waals surface area (Å²) in [5.74, 6) is -0.499. The van der Waals surface area contributed by atoms with Crippen molar-refractivity contribution in [2.45, 2.75) is 0 Å². The number of esters is 1. The summed E-state index contributed by atoms with van der Waals surface area (Å²) in [7, 11) is 0. The van der Waals surface area contributed by atoms with Crippen molar-refractivity contribution in [1.29, 1.82) is 0 Å². The van der Waals surface area contributed by atoms with E-state index in [9.17, 15) is 9.59 Å². The van der Waals surface area contributed by atoms with Gasteiger partial charge in [0.1, 0.15) is 13.2 Å². The number of ether oxygens (including phenoxy) is 3. The lowest BCUT2D eigenvalue weighted by Gasteiger charge is -2.03. The molecule has 0 heterocycles. The van der Waals surface area contributed by atoms with E-state index in [0.717, 1.165) is 6.08 Å². The standard InChI is InChI=1S/C8H11ClO5/c1-2-7(10)13-5-3-12-4-6-14-8(9)11/h2H,1,3-6H2. The lowest BCUT2D eigenvalue weighted by Crippen LogP contribution is -2.11. The van der Waals surface area contributed by atoms with Gasteiger partial charge in [0.15, 0.2) is 0 Å². The van der Waals surface area contributed by atoms with Crippen LogP contribution in [0.5, 0.6) is 0 Å². The van der Waals surface area contributed by atoms with Crippen molar-refractivity contribution in [3.63, 3.8) is 0 Å². The van der Waals surface area contributed by atoms with Gasteiger partial charge in [-0.05, 0) is 0 Å². The lowest BCUT2D eigenvalue weighted by atomic mass is 10.6. The van der Waals surface area contributed by atoms with Gasteiger partial charge in [-0.3, -0.25) is 0 Å². The molecule has 0 fully saturated rings. The van der Waals surface area contributed by atoms with Crippen molar-refractivity contribution < 1.29 is 23.8 Å². The van der Waals surface area contributed by atoms with Gasteiger partial charge in [0, 0.05) is 17.7 Å². The molecule has 6 heteroatoms. The predicted octanol–water partition coefficient (Wildman–Crippen LogP) is 1.11. The summed E-state index contributed by atoms with van der Waals surface area (Å²) in [6, 6.07) is 0. The van der Waals surface area contributed by atoms with Crippen LogP contribution in [0.1, 0.15) is 0 Å². The molecule has 0 unspecified atom stereocenters. The summed E-state index contributed by atoms with van der Waals surface area (Å²) in [4.78, 5) is 20.6. The molecule has 0 radical (unpaired) electrons. The highest BCUT2D eigenvalue weighted by atomic mass is 35.5. The van der Waals surface area contributed by atoms with E-state index in [-0.39, 0.29) is 26.4 Å². The Morgan fingerprint density at radius 3 is 2.21 bits per heavy atom. The third-order valence-corrected chi connectivity index (χ3v) is 1.19. The van der Waals surface area contributed by atoms with E-state index in [1.54, 1.807) is 0 Å². The van der Waals surface area contributed by atoms with Crippen LogP contribution >= 0.6 is 11.6 Å². The Morgan fingerprint density at radius 1 is 1.14 bits per heavy atom. The Labute approximate surface area is 86.6 Å². The topological polar surface area (TPSA) is 61.8 Å². The number of carbonyl (C=O) groups excluding carboxylic acids is 2. The van der Waals surface area contributed by atoms with Gasteiger partial charge < -0.3 is 14.2 Å². The van der Waals surface area contributed by atoms with Crippen molar-refractivity contribution >= 4 is 23.0 Å². The highest BCUT2D eigenvalue weighted by molar-refractivity contribution is 6.61. The summed E-state index contributed by atoms with van der Waals surface area (Å²) in [5, 5.41) is 0. The fourth-order valence-corrected chi connectivity index (χ4v) is 0.620. The van der Waals surface area contributed by atoms with Gasteiger partial charge in [-0.2, -0.15) is 0 Å². The molecule has 0 aromatic rings. The molecule has 0 aromatic carbocycles. The molecular weight excluding hydrogens is 212 g/mol. The maximum absolute atomic E-state index is 10.5. The first-order chi connectivity index (χ1) is 6.66. The highest BCUT2D eigenvalue weighted by Gasteiger charge is 1.96. The second-order valence-electron chi connectivity index (χ2n) is 2.07. The minimum atomic E-state index is -0.869. The van der Waals surface area contributed by atoms with Gasteiger partial charge in [-0.1, -0.05) is 6.58 Å². The number of hydrogen-bond acceptors (Lipinski definition) is 5. The quantitative estimate of drug-likeness (QED) is 0.279. The van der Waals surface area contributed by atoms with Crippen LogP contribution < -0.4 is 0 Å². The molecule has 0 aliphatic rings. The molecule has 0 aromatic heterocycles. The second-order valence-corrected chi connectivity index (χ2v) is 2.38. The predicted molar refractivity (Wildman–Crippen MR) is 49.2 cm³/mol. The number of rotatable bonds is 7. The fourth-order valence-electron chi connectivity index (χ4n) is 0.543. The first-order valence-electron chi connectivity index (χ1n) is 3.86. The first-order valence-corrected chi connectivity index (χ1v) is 4.24. The third kappa shape index (κ3) is 9.02. The van der Waals surface area contributed by atoms with Gasteiger partial charge >= 0.3 is 11.4 Å². The highest BCUT2D eigenvalue weighted by Crippen LogP contribution is 1.87. The Morgan fingerprint density at radius 2 is 1.71 bits per heavy atom. The molecule has 0 atom stereocenters. The van der Waals surface area contributed by atoms with Crippen LogP contribution in [0, 0.1) is 0 Å². The molecule has 0 saturated carbocycles. The summed E-state index contributed by atoms with van der Waals surface area (Å²) in [6.07, 6.45) is 1.06. The Balaban J connectivity index is 3.10. The van der Waals surface area contributed by atoms with E-state index in [4.69, 9.17) is 16.3 Å². The zero-order valence-electron chi connectivity index (χ0n) is 7.53. The molecule has 0 saturated heterocycles. The molecule has 0 aliphatic heterocycles. The summed E-state index contributed by atoms with van der Waals surface area (Å²) in [5.41, 5.74) is -0.869. The molecule has 0 N–H and O–H groups in total. The van der Waals surface area contributed by atoms with Crippen LogP contribution in [-0.2, 0) is 19.0 Å². The van der Waals surface area contributed by atoms with Crippen LogP contribution in [0.25, 0.3) is 0 Å². The van der Waals surface area contributed by atoms with E-state index in [0.29, 0.717) is 0 Å². The van der Waals surface area contributed by atoms with Crippen molar-refractivity contribution in [3.8, 4) is 0 Å². The van der Waals surface area contributed by atoms with E-state index in [1.807, 2.05) is 0 Å². The van der Waals surface area contributed by atoms with Gasteiger partial charge in [-0.25, -0.2) is 9.59 Å². The van der Waals surface area contributed by atoms with Gasteiger partial charge in [0.25, 0.3) is 0 Å². The van der Waals surface area contributed by atoms with Gasteiger partial charge in [0.2, 0.25) is 0 Å². The molecule has 0 rings (SSSR count). The minimum Gasteiger partial charge on any atom is -0.460 e. The van der Waals surface area contributed by atoms with Crippen molar-refractivity contribution in [3.05, 3.63) is 12.7 Å². The van der Waals surface area contributed by atoms with Crippen LogP contribution in [0.15, 0.2) is 12.7 Å². The van der Waals surface area contributed by atoms with Crippen LogP contribution in [0.2, 0.25) is 0 Å². The van der Waals surface area contributed by atoms with Crippen molar-refractivity contribution in [1.82, 2.24) is 0 Å². The fraction of sp³-hybridized carbons (Fsp3) is 0.500. The molecule has 0 amide bonds. The third-order valence-electron chi connectivity index (χ3n) is 1.08. The van der Waals surface area contributed by atoms with Crippen molar-refractivity contribution in [2.24, 2.45) is 0 Å². The number of hydrogen-bond donors (Lipinski definition) is 0. The SMILES string of the molecule is C=CC(=O)OCCOCCOC(=O)Cl. The summed E-state index contributed by atoms with van der Waals surface area (Å²) >= 11 is 4.88.